The van der Waals surface area contributed by atoms with Gasteiger partial charge < -0.3 is 5.11 Å². The van der Waals surface area contributed by atoms with Crippen LogP contribution in [0.2, 0.25) is 0 Å². The monoisotopic (exact) mass is 350 g/mol. The molecule has 0 fully saturated rings. The summed E-state index contributed by atoms with van der Waals surface area (Å²) in [4.78, 5) is 0. The molecule has 1 heterocycles. The second kappa shape index (κ2) is 7.23. The molecule has 0 spiro atoms. The van der Waals surface area contributed by atoms with Crippen molar-refractivity contribution >= 4 is 15.9 Å². The van der Waals surface area contributed by atoms with Crippen molar-refractivity contribution in [3.8, 4) is 0 Å². The lowest BCUT2D eigenvalue weighted by Crippen LogP contribution is -2.22. The summed E-state index contributed by atoms with van der Waals surface area (Å²) in [6.07, 6.45) is 1.13. The third-order valence-electron chi connectivity index (χ3n) is 3.99. The molecule has 1 N–H and O–H groups in total. The van der Waals surface area contributed by atoms with Crippen LogP contribution >= 0.6 is 15.9 Å². The van der Waals surface area contributed by atoms with Crippen molar-refractivity contribution in [1.29, 1.82) is 0 Å². The molecular formula is C17H23BrN2O. The van der Waals surface area contributed by atoms with Crippen LogP contribution in [0.3, 0.4) is 0 Å². The molecule has 0 saturated carbocycles. The lowest BCUT2D eigenvalue weighted by atomic mass is 9.88. The van der Waals surface area contributed by atoms with Gasteiger partial charge in [0, 0.05) is 18.9 Å². The van der Waals surface area contributed by atoms with E-state index in [4.69, 9.17) is 0 Å². The summed E-state index contributed by atoms with van der Waals surface area (Å²) in [5, 5.41) is 15.2. The third kappa shape index (κ3) is 3.55. The van der Waals surface area contributed by atoms with E-state index in [0.717, 1.165) is 28.8 Å². The molecule has 2 atom stereocenters. The first-order chi connectivity index (χ1) is 10.1. The Kier molecular flexibility index (Phi) is 5.59. The van der Waals surface area contributed by atoms with Crippen LogP contribution in [0, 0.1) is 6.92 Å². The number of nitrogens with zero attached hydrogens (tertiary/aromatic N) is 2. The molecule has 0 aliphatic rings. The van der Waals surface area contributed by atoms with Crippen molar-refractivity contribution in [3.05, 3.63) is 51.8 Å². The molecule has 0 amide bonds. The maximum Gasteiger partial charge on any atom is 0.0738 e. The number of halogens is 1. The van der Waals surface area contributed by atoms with Crippen LogP contribution in [0.15, 0.2) is 34.8 Å². The van der Waals surface area contributed by atoms with Crippen LogP contribution in [0.4, 0.5) is 0 Å². The molecule has 0 aliphatic carbocycles. The Hall–Kier alpha value is -1.13. The van der Waals surface area contributed by atoms with E-state index in [0.29, 0.717) is 6.42 Å². The number of aliphatic hydroxyl groups is 1. The minimum atomic E-state index is -0.407. The zero-order valence-electron chi connectivity index (χ0n) is 12.9. The van der Waals surface area contributed by atoms with E-state index in [1.807, 2.05) is 29.8 Å². The number of aryl methyl sites for hydroxylation is 2. The number of hydrogen-bond donors (Lipinski definition) is 1. The van der Waals surface area contributed by atoms with Gasteiger partial charge in [0.15, 0.2) is 0 Å². The van der Waals surface area contributed by atoms with Gasteiger partial charge in [-0.1, -0.05) is 37.3 Å². The van der Waals surface area contributed by atoms with Crippen molar-refractivity contribution in [3.63, 3.8) is 0 Å². The van der Waals surface area contributed by atoms with E-state index in [2.05, 4.69) is 47.0 Å². The van der Waals surface area contributed by atoms with Crippen molar-refractivity contribution in [1.82, 2.24) is 9.78 Å². The lowest BCUT2D eigenvalue weighted by Gasteiger charge is -2.22. The molecule has 0 bridgehead atoms. The van der Waals surface area contributed by atoms with Gasteiger partial charge in [0.05, 0.1) is 22.0 Å². The first-order valence-corrected chi connectivity index (χ1v) is 8.32. The number of benzene rings is 1. The van der Waals surface area contributed by atoms with Gasteiger partial charge in [-0.15, -0.1) is 0 Å². The van der Waals surface area contributed by atoms with E-state index in [-0.39, 0.29) is 5.92 Å². The molecule has 0 saturated heterocycles. The predicted molar refractivity (Wildman–Crippen MR) is 89.5 cm³/mol. The third-order valence-corrected chi connectivity index (χ3v) is 5.02. The highest BCUT2D eigenvalue weighted by Gasteiger charge is 2.23. The summed E-state index contributed by atoms with van der Waals surface area (Å²) >= 11 is 3.60. The fraction of sp³-hybridized carbons (Fsp3) is 0.471. The number of aliphatic hydroxyl groups excluding tert-OH is 1. The second-order valence-electron chi connectivity index (χ2n) is 5.36. The largest absolute Gasteiger partial charge is 0.392 e. The van der Waals surface area contributed by atoms with Crippen LogP contribution in [0.1, 0.15) is 43.1 Å². The molecule has 1 aromatic heterocycles. The topological polar surface area (TPSA) is 38.1 Å². The number of rotatable bonds is 6. The van der Waals surface area contributed by atoms with Crippen molar-refractivity contribution in [2.24, 2.45) is 0 Å². The molecule has 2 aromatic rings. The van der Waals surface area contributed by atoms with Gasteiger partial charge in [-0.25, -0.2) is 0 Å². The molecule has 2 unspecified atom stereocenters. The van der Waals surface area contributed by atoms with Gasteiger partial charge in [0.1, 0.15) is 0 Å². The summed E-state index contributed by atoms with van der Waals surface area (Å²) in [5.41, 5.74) is 3.26. The summed E-state index contributed by atoms with van der Waals surface area (Å²) in [6, 6.07) is 10.3. The quantitative estimate of drug-likeness (QED) is 0.852. The minimum absolute atomic E-state index is 0.151. The van der Waals surface area contributed by atoms with Gasteiger partial charge >= 0.3 is 0 Å². The van der Waals surface area contributed by atoms with Gasteiger partial charge in [-0.05, 0) is 41.8 Å². The van der Waals surface area contributed by atoms with Crippen LogP contribution in [-0.4, -0.2) is 21.0 Å². The Labute approximate surface area is 135 Å². The Balaban J connectivity index is 2.22. The maximum atomic E-state index is 10.7. The average molecular weight is 351 g/mol. The molecule has 4 heteroatoms. The zero-order chi connectivity index (χ0) is 15.4. The van der Waals surface area contributed by atoms with Crippen LogP contribution in [0.5, 0.6) is 0 Å². The molecule has 0 aliphatic heterocycles. The standard InChI is InChI=1S/C17H23BrN2O/c1-4-14(13-9-7-6-8-10-13)16(21)11-15-17(18)12(3)19-20(15)5-2/h6-10,14,16,21H,4-5,11H2,1-3H3. The molecule has 3 nitrogen and oxygen atoms in total. The maximum absolute atomic E-state index is 10.7. The van der Waals surface area contributed by atoms with Crippen LogP contribution < -0.4 is 0 Å². The number of hydrogen-bond acceptors (Lipinski definition) is 2. The molecule has 1 aromatic carbocycles. The summed E-state index contributed by atoms with van der Waals surface area (Å²) in [5.74, 6) is 0.151. The van der Waals surface area contributed by atoms with E-state index in [1.165, 1.54) is 5.56 Å². The molecule has 0 radical (unpaired) electrons. The van der Waals surface area contributed by atoms with E-state index >= 15 is 0 Å². The minimum Gasteiger partial charge on any atom is -0.392 e. The van der Waals surface area contributed by atoms with Crippen LogP contribution in [0.25, 0.3) is 0 Å². The van der Waals surface area contributed by atoms with Gasteiger partial charge in [-0.2, -0.15) is 5.10 Å². The summed E-state index contributed by atoms with van der Waals surface area (Å²) in [7, 11) is 0. The summed E-state index contributed by atoms with van der Waals surface area (Å²) < 4.78 is 2.99. The normalized spacial score (nSPS) is 14.1. The molecule has 2 rings (SSSR count). The summed E-state index contributed by atoms with van der Waals surface area (Å²) in [6.45, 7) is 7.00. The fourth-order valence-electron chi connectivity index (χ4n) is 2.83. The van der Waals surface area contributed by atoms with Crippen LogP contribution in [-0.2, 0) is 13.0 Å². The van der Waals surface area contributed by atoms with Gasteiger partial charge in [0.2, 0.25) is 0 Å². The Bertz CT molecular complexity index is 580. The zero-order valence-corrected chi connectivity index (χ0v) is 14.5. The Morgan fingerprint density at radius 2 is 1.90 bits per heavy atom. The van der Waals surface area contributed by atoms with Gasteiger partial charge in [0.25, 0.3) is 0 Å². The van der Waals surface area contributed by atoms with E-state index in [1.54, 1.807) is 0 Å². The Morgan fingerprint density at radius 3 is 2.48 bits per heavy atom. The predicted octanol–water partition coefficient (Wildman–Crippen LogP) is 4.07. The first kappa shape index (κ1) is 16.2. The SMILES string of the molecule is CCC(c1ccccc1)C(O)Cc1c(Br)c(C)nn1CC. The molecule has 114 valence electrons. The highest BCUT2D eigenvalue weighted by molar-refractivity contribution is 9.10. The number of aromatic nitrogens is 2. The molecular weight excluding hydrogens is 328 g/mol. The highest BCUT2D eigenvalue weighted by Crippen LogP contribution is 2.29. The van der Waals surface area contributed by atoms with Crippen molar-refractivity contribution < 1.29 is 5.11 Å². The smallest absolute Gasteiger partial charge is 0.0738 e. The first-order valence-electron chi connectivity index (χ1n) is 7.53. The average Bonchev–Trinajstić information content (AvgIpc) is 2.77. The fourth-order valence-corrected chi connectivity index (χ4v) is 3.28. The van der Waals surface area contributed by atoms with Crippen molar-refractivity contribution in [2.45, 2.75) is 52.2 Å². The highest BCUT2D eigenvalue weighted by atomic mass is 79.9. The second-order valence-corrected chi connectivity index (χ2v) is 6.15. The van der Waals surface area contributed by atoms with E-state index in [9.17, 15) is 5.11 Å². The molecule has 21 heavy (non-hydrogen) atoms. The van der Waals surface area contributed by atoms with Crippen molar-refractivity contribution in [2.75, 3.05) is 0 Å². The Morgan fingerprint density at radius 1 is 1.24 bits per heavy atom. The van der Waals surface area contributed by atoms with Gasteiger partial charge in [-0.3, -0.25) is 4.68 Å². The van der Waals surface area contributed by atoms with E-state index < -0.39 is 6.10 Å². The lowest BCUT2D eigenvalue weighted by molar-refractivity contribution is 0.138.